The first-order valence-corrected chi connectivity index (χ1v) is 11.2. The molecule has 0 bridgehead atoms. The van der Waals surface area contributed by atoms with E-state index in [-0.39, 0.29) is 34.9 Å². The Hall–Kier alpha value is -4.54. The second-order valence-corrected chi connectivity index (χ2v) is 8.23. The highest BCUT2D eigenvalue weighted by Gasteiger charge is 2.30. The minimum absolute atomic E-state index is 0.00451. The highest BCUT2D eigenvalue weighted by molar-refractivity contribution is 5.95. The van der Waals surface area contributed by atoms with Crippen LogP contribution in [-0.2, 0) is 11.0 Å². The predicted molar refractivity (Wildman–Crippen MR) is 130 cm³/mol. The molecule has 3 aromatic rings. The van der Waals surface area contributed by atoms with Gasteiger partial charge in [0.05, 0.1) is 5.56 Å². The molecule has 1 unspecified atom stereocenters. The van der Waals surface area contributed by atoms with Crippen molar-refractivity contribution in [3.8, 4) is 23.1 Å². The molecule has 4 rings (SSSR count). The first-order valence-electron chi connectivity index (χ1n) is 11.2. The standard InChI is InChI=1S/C26H23F3N4O4/c1-2-23(34)31-17-12-13-33(15-17)22-11-10-21(24(30)35)25(32-22)37-19-8-6-18(7-9-19)36-20-5-3-4-16(14-20)26(27,28)29/h2-11,14,17H,1,12-13,15H2,(H2,30,35)(H,31,34). The van der Waals surface area contributed by atoms with Crippen molar-refractivity contribution in [3.05, 3.63) is 84.4 Å². The van der Waals surface area contributed by atoms with Gasteiger partial charge >= 0.3 is 6.18 Å². The van der Waals surface area contributed by atoms with Gasteiger partial charge in [-0.3, -0.25) is 9.59 Å². The normalized spacial score (nSPS) is 15.2. The van der Waals surface area contributed by atoms with Crippen LogP contribution in [0.25, 0.3) is 0 Å². The van der Waals surface area contributed by atoms with Crippen molar-refractivity contribution in [2.24, 2.45) is 5.73 Å². The number of anilines is 1. The summed E-state index contributed by atoms with van der Waals surface area (Å²) in [5.41, 5.74) is 4.74. The molecule has 37 heavy (non-hydrogen) atoms. The maximum atomic E-state index is 12.9. The second kappa shape index (κ2) is 10.6. The van der Waals surface area contributed by atoms with E-state index in [9.17, 15) is 22.8 Å². The van der Waals surface area contributed by atoms with E-state index in [1.54, 1.807) is 6.07 Å². The van der Waals surface area contributed by atoms with Gasteiger partial charge in [0.25, 0.3) is 5.91 Å². The maximum absolute atomic E-state index is 12.9. The lowest BCUT2D eigenvalue weighted by molar-refractivity contribution is -0.137. The predicted octanol–water partition coefficient (Wildman–Crippen LogP) is 4.66. The number of rotatable bonds is 8. The average Bonchev–Trinajstić information content (AvgIpc) is 3.33. The first-order chi connectivity index (χ1) is 17.6. The van der Waals surface area contributed by atoms with Gasteiger partial charge in [-0.2, -0.15) is 18.2 Å². The van der Waals surface area contributed by atoms with Crippen molar-refractivity contribution in [1.29, 1.82) is 0 Å². The van der Waals surface area contributed by atoms with Crippen molar-refractivity contribution in [1.82, 2.24) is 10.3 Å². The van der Waals surface area contributed by atoms with Gasteiger partial charge in [0, 0.05) is 19.1 Å². The van der Waals surface area contributed by atoms with Crippen LogP contribution >= 0.6 is 0 Å². The quantitative estimate of drug-likeness (QED) is 0.425. The molecule has 2 heterocycles. The lowest BCUT2D eigenvalue weighted by Gasteiger charge is -2.19. The van der Waals surface area contributed by atoms with Gasteiger partial charge in [-0.25, -0.2) is 0 Å². The number of ether oxygens (including phenoxy) is 2. The molecule has 1 aromatic heterocycles. The fraction of sp³-hybridized carbons (Fsp3) is 0.192. The van der Waals surface area contributed by atoms with E-state index in [4.69, 9.17) is 15.2 Å². The monoisotopic (exact) mass is 512 g/mol. The third kappa shape index (κ3) is 6.37. The Kier molecular flexibility index (Phi) is 7.32. The highest BCUT2D eigenvalue weighted by Crippen LogP contribution is 2.34. The Labute approximate surface area is 210 Å². The fourth-order valence-corrected chi connectivity index (χ4v) is 3.78. The van der Waals surface area contributed by atoms with Gasteiger partial charge < -0.3 is 25.4 Å². The van der Waals surface area contributed by atoms with Crippen LogP contribution in [0, 0.1) is 0 Å². The number of aromatic nitrogens is 1. The molecule has 0 radical (unpaired) electrons. The topological polar surface area (TPSA) is 107 Å². The van der Waals surface area contributed by atoms with Gasteiger partial charge in [-0.15, -0.1) is 0 Å². The molecule has 0 aliphatic carbocycles. The summed E-state index contributed by atoms with van der Waals surface area (Å²) in [6, 6.07) is 13.7. The minimum Gasteiger partial charge on any atom is -0.457 e. The molecule has 1 aliphatic rings. The van der Waals surface area contributed by atoms with Crippen LogP contribution in [0.5, 0.6) is 23.1 Å². The van der Waals surface area contributed by atoms with Crippen molar-refractivity contribution in [2.45, 2.75) is 18.6 Å². The number of hydrogen-bond donors (Lipinski definition) is 2. The smallest absolute Gasteiger partial charge is 0.416 e. The van der Waals surface area contributed by atoms with E-state index in [0.29, 0.717) is 31.1 Å². The van der Waals surface area contributed by atoms with E-state index >= 15 is 0 Å². The van der Waals surface area contributed by atoms with Gasteiger partial charge in [0.1, 0.15) is 28.6 Å². The van der Waals surface area contributed by atoms with Gasteiger partial charge in [0.2, 0.25) is 11.8 Å². The summed E-state index contributed by atoms with van der Waals surface area (Å²) in [5.74, 6) is 0.177. The summed E-state index contributed by atoms with van der Waals surface area (Å²) in [6.45, 7) is 4.60. The summed E-state index contributed by atoms with van der Waals surface area (Å²) >= 11 is 0. The Morgan fingerprint density at radius 2 is 1.76 bits per heavy atom. The fourth-order valence-electron chi connectivity index (χ4n) is 3.78. The van der Waals surface area contributed by atoms with E-state index in [1.165, 1.54) is 48.5 Å². The van der Waals surface area contributed by atoms with Gasteiger partial charge in [0.15, 0.2) is 0 Å². The maximum Gasteiger partial charge on any atom is 0.416 e. The molecule has 8 nitrogen and oxygen atoms in total. The Balaban J connectivity index is 1.48. The number of carbonyl (C=O) groups is 2. The van der Waals surface area contributed by atoms with Gasteiger partial charge in [-0.05, 0) is 67.1 Å². The van der Waals surface area contributed by atoms with Crippen LogP contribution in [-0.4, -0.2) is 35.9 Å². The van der Waals surface area contributed by atoms with Crippen LogP contribution < -0.4 is 25.4 Å². The molecule has 1 aliphatic heterocycles. The number of primary amides is 1. The third-order valence-electron chi connectivity index (χ3n) is 5.59. The molecule has 1 fully saturated rings. The number of halogens is 3. The largest absolute Gasteiger partial charge is 0.457 e. The number of amides is 2. The van der Waals surface area contributed by atoms with Crippen molar-refractivity contribution < 1.29 is 32.2 Å². The molecular weight excluding hydrogens is 489 g/mol. The average molecular weight is 512 g/mol. The van der Waals surface area contributed by atoms with Crippen LogP contribution in [0.2, 0.25) is 0 Å². The Morgan fingerprint density at radius 1 is 1.05 bits per heavy atom. The van der Waals surface area contributed by atoms with Crippen LogP contribution in [0.15, 0.2) is 73.3 Å². The molecule has 2 amide bonds. The number of alkyl halides is 3. The third-order valence-corrected chi connectivity index (χ3v) is 5.59. The highest BCUT2D eigenvalue weighted by atomic mass is 19.4. The molecular formula is C26H23F3N4O4. The van der Waals surface area contributed by atoms with E-state index in [1.807, 2.05) is 4.90 Å². The zero-order chi connectivity index (χ0) is 26.6. The molecule has 2 aromatic carbocycles. The zero-order valence-corrected chi connectivity index (χ0v) is 19.5. The molecule has 1 saturated heterocycles. The number of benzene rings is 2. The lowest BCUT2D eigenvalue weighted by atomic mass is 10.2. The van der Waals surface area contributed by atoms with Crippen molar-refractivity contribution in [2.75, 3.05) is 18.0 Å². The van der Waals surface area contributed by atoms with E-state index in [0.717, 1.165) is 12.1 Å². The Morgan fingerprint density at radius 3 is 2.41 bits per heavy atom. The molecule has 1 atom stereocenters. The second-order valence-electron chi connectivity index (χ2n) is 8.23. The van der Waals surface area contributed by atoms with Gasteiger partial charge in [-0.1, -0.05) is 12.6 Å². The summed E-state index contributed by atoms with van der Waals surface area (Å²) in [4.78, 5) is 29.9. The number of pyridine rings is 1. The first kappa shape index (κ1) is 25.5. The number of nitrogens with one attached hydrogen (secondary N) is 1. The SMILES string of the molecule is C=CC(=O)NC1CCN(c2ccc(C(N)=O)c(Oc3ccc(Oc4cccc(C(F)(F)F)c4)cc3)n2)C1. The zero-order valence-electron chi connectivity index (χ0n) is 19.5. The lowest BCUT2D eigenvalue weighted by Crippen LogP contribution is -2.36. The summed E-state index contributed by atoms with van der Waals surface area (Å²) in [6.07, 6.45) is -2.56. The molecule has 192 valence electrons. The Bertz CT molecular complexity index is 1310. The molecule has 11 heteroatoms. The van der Waals surface area contributed by atoms with Crippen LogP contribution in [0.4, 0.5) is 19.0 Å². The summed E-state index contributed by atoms with van der Waals surface area (Å²) in [7, 11) is 0. The summed E-state index contributed by atoms with van der Waals surface area (Å²) < 4.78 is 50.1. The molecule has 3 N–H and O–H groups in total. The molecule has 0 spiro atoms. The number of nitrogens with two attached hydrogens (primary N) is 1. The van der Waals surface area contributed by atoms with Crippen LogP contribution in [0.1, 0.15) is 22.3 Å². The summed E-state index contributed by atoms with van der Waals surface area (Å²) in [5, 5.41) is 2.85. The van der Waals surface area contributed by atoms with Crippen molar-refractivity contribution in [3.63, 3.8) is 0 Å². The molecule has 0 saturated carbocycles. The number of carbonyl (C=O) groups excluding carboxylic acids is 2. The van der Waals surface area contributed by atoms with E-state index in [2.05, 4.69) is 16.9 Å². The number of nitrogens with zero attached hydrogens (tertiary/aromatic N) is 2. The van der Waals surface area contributed by atoms with Crippen LogP contribution in [0.3, 0.4) is 0 Å². The number of hydrogen-bond acceptors (Lipinski definition) is 6. The van der Waals surface area contributed by atoms with E-state index < -0.39 is 17.6 Å². The minimum atomic E-state index is -4.48. The van der Waals surface area contributed by atoms with Crippen molar-refractivity contribution >= 4 is 17.6 Å².